The molecular formula is C22H26N2O4. The van der Waals surface area contributed by atoms with Gasteiger partial charge in [0, 0.05) is 12.6 Å². The number of carbonyl (C=O) groups excluding carboxylic acids is 1. The minimum absolute atomic E-state index is 0.0973. The van der Waals surface area contributed by atoms with Gasteiger partial charge in [0.05, 0.1) is 33.3 Å². The number of hydrogen-bond acceptors (Lipinski definition) is 5. The number of hydrazone groups is 1. The van der Waals surface area contributed by atoms with Crippen molar-refractivity contribution in [1.82, 2.24) is 5.01 Å². The zero-order valence-electron chi connectivity index (χ0n) is 17.1. The van der Waals surface area contributed by atoms with E-state index in [9.17, 15) is 4.79 Å². The summed E-state index contributed by atoms with van der Waals surface area (Å²) < 4.78 is 16.5. The molecule has 0 saturated carbocycles. The maximum Gasteiger partial charge on any atom is 0.240 e. The third-order valence-corrected chi connectivity index (χ3v) is 5.08. The van der Waals surface area contributed by atoms with Crippen molar-refractivity contribution in [1.29, 1.82) is 0 Å². The van der Waals surface area contributed by atoms with E-state index < -0.39 is 0 Å². The highest BCUT2D eigenvalue weighted by Gasteiger charge is 2.40. The largest absolute Gasteiger partial charge is 0.493 e. The summed E-state index contributed by atoms with van der Waals surface area (Å²) in [4.78, 5) is 12.3. The van der Waals surface area contributed by atoms with E-state index in [1.165, 1.54) is 6.92 Å². The molecule has 1 amide bonds. The molecule has 1 aliphatic heterocycles. The molecule has 0 spiro atoms. The van der Waals surface area contributed by atoms with Gasteiger partial charge in [-0.15, -0.1) is 0 Å². The zero-order chi connectivity index (χ0) is 20.4. The van der Waals surface area contributed by atoms with Crippen LogP contribution in [0.2, 0.25) is 0 Å². The van der Waals surface area contributed by atoms with Crippen LogP contribution in [0.4, 0.5) is 0 Å². The fourth-order valence-electron chi connectivity index (χ4n) is 3.73. The molecule has 3 rings (SSSR count). The Morgan fingerprint density at radius 2 is 1.50 bits per heavy atom. The van der Waals surface area contributed by atoms with Gasteiger partial charge < -0.3 is 14.2 Å². The number of methoxy groups -OCH3 is 3. The number of nitrogens with zero attached hydrogens (tertiary/aromatic N) is 2. The third-order valence-electron chi connectivity index (χ3n) is 5.08. The van der Waals surface area contributed by atoms with Gasteiger partial charge in [-0.05, 0) is 37.1 Å². The summed E-state index contributed by atoms with van der Waals surface area (Å²) in [6, 6.07) is 11.8. The number of ether oxygens (including phenoxy) is 3. The van der Waals surface area contributed by atoms with E-state index in [2.05, 4.69) is 17.2 Å². The molecule has 2 unspecified atom stereocenters. The first kappa shape index (κ1) is 19.7. The number of carbonyl (C=O) groups is 1. The normalized spacial score (nSPS) is 18.6. The van der Waals surface area contributed by atoms with Crippen LogP contribution in [0.1, 0.15) is 42.5 Å². The van der Waals surface area contributed by atoms with Gasteiger partial charge in [0.2, 0.25) is 11.7 Å². The maximum absolute atomic E-state index is 12.3. The second-order valence-corrected chi connectivity index (χ2v) is 6.90. The van der Waals surface area contributed by atoms with E-state index >= 15 is 0 Å². The molecule has 148 valence electrons. The molecule has 0 bridgehead atoms. The fourth-order valence-corrected chi connectivity index (χ4v) is 3.73. The first-order valence-electron chi connectivity index (χ1n) is 9.12. The van der Waals surface area contributed by atoms with Gasteiger partial charge in [0.1, 0.15) is 0 Å². The number of rotatable bonds is 5. The summed E-state index contributed by atoms with van der Waals surface area (Å²) in [7, 11) is 4.76. The lowest BCUT2D eigenvalue weighted by molar-refractivity contribution is -0.130. The molecule has 28 heavy (non-hydrogen) atoms. The molecule has 0 aromatic heterocycles. The topological polar surface area (TPSA) is 60.4 Å². The molecular weight excluding hydrogens is 356 g/mol. The summed E-state index contributed by atoms with van der Waals surface area (Å²) in [5.74, 6) is 1.47. The molecule has 0 fully saturated rings. The lowest BCUT2D eigenvalue weighted by Crippen LogP contribution is -2.28. The SMILES string of the molecule is COc1cc(C2C(C)=NN(C(C)=O)C2c2ccc(C)cc2)cc(OC)c1OC. The Hall–Kier alpha value is -3.02. The van der Waals surface area contributed by atoms with Crippen LogP contribution in [0.3, 0.4) is 0 Å². The molecule has 0 N–H and O–H groups in total. The van der Waals surface area contributed by atoms with Crippen molar-refractivity contribution in [2.75, 3.05) is 21.3 Å². The predicted molar refractivity (Wildman–Crippen MR) is 108 cm³/mol. The smallest absolute Gasteiger partial charge is 0.240 e. The molecule has 0 saturated heterocycles. The standard InChI is InChI=1S/C22H26N2O4/c1-13-7-9-16(10-8-13)21-20(14(2)23-24(21)15(3)25)17-11-18(26-4)22(28-6)19(12-17)27-5/h7-12,20-21H,1-6H3. The van der Waals surface area contributed by atoms with Crippen molar-refractivity contribution in [3.63, 3.8) is 0 Å². The quantitative estimate of drug-likeness (QED) is 0.782. The van der Waals surface area contributed by atoms with E-state index in [-0.39, 0.29) is 17.9 Å². The average molecular weight is 382 g/mol. The van der Waals surface area contributed by atoms with Crippen molar-refractivity contribution in [3.05, 3.63) is 53.1 Å². The van der Waals surface area contributed by atoms with Crippen molar-refractivity contribution >= 4 is 11.6 Å². The third kappa shape index (κ3) is 3.42. The Kier molecular flexibility index (Phi) is 5.58. The summed E-state index contributed by atoms with van der Waals surface area (Å²) in [5, 5.41) is 6.13. The molecule has 1 aliphatic rings. The van der Waals surface area contributed by atoms with Crippen molar-refractivity contribution in [2.24, 2.45) is 5.10 Å². The summed E-state index contributed by atoms with van der Waals surface area (Å²) in [5.41, 5.74) is 4.00. The Bertz CT molecular complexity index is 880. The number of hydrogen-bond donors (Lipinski definition) is 0. The van der Waals surface area contributed by atoms with Crippen LogP contribution in [0.5, 0.6) is 17.2 Å². The van der Waals surface area contributed by atoms with Gasteiger partial charge in [0.25, 0.3) is 0 Å². The zero-order valence-corrected chi connectivity index (χ0v) is 17.1. The van der Waals surface area contributed by atoms with Gasteiger partial charge in [-0.1, -0.05) is 29.8 Å². The summed E-state index contributed by atoms with van der Waals surface area (Å²) in [6.07, 6.45) is 0. The summed E-state index contributed by atoms with van der Waals surface area (Å²) in [6.45, 7) is 5.52. The summed E-state index contributed by atoms with van der Waals surface area (Å²) >= 11 is 0. The molecule has 2 aromatic carbocycles. The van der Waals surface area contributed by atoms with Crippen LogP contribution in [0.25, 0.3) is 0 Å². The minimum atomic E-state index is -0.235. The van der Waals surface area contributed by atoms with Crippen LogP contribution in [-0.4, -0.2) is 38.0 Å². The lowest BCUT2D eigenvalue weighted by Gasteiger charge is -2.27. The van der Waals surface area contributed by atoms with Gasteiger partial charge in [0.15, 0.2) is 11.5 Å². The van der Waals surface area contributed by atoms with E-state index in [1.807, 2.05) is 38.1 Å². The average Bonchev–Trinajstić information content (AvgIpc) is 3.04. The highest BCUT2D eigenvalue weighted by atomic mass is 16.5. The molecule has 2 atom stereocenters. The molecule has 6 nitrogen and oxygen atoms in total. The second-order valence-electron chi connectivity index (χ2n) is 6.90. The second kappa shape index (κ2) is 7.92. The van der Waals surface area contributed by atoms with E-state index in [4.69, 9.17) is 14.2 Å². The van der Waals surface area contributed by atoms with Gasteiger partial charge >= 0.3 is 0 Å². The van der Waals surface area contributed by atoms with E-state index in [1.54, 1.807) is 26.3 Å². The molecule has 0 aliphatic carbocycles. The number of amides is 1. The van der Waals surface area contributed by atoms with Crippen LogP contribution in [0, 0.1) is 6.92 Å². The highest BCUT2D eigenvalue weighted by molar-refractivity contribution is 5.94. The lowest BCUT2D eigenvalue weighted by atomic mass is 9.84. The Morgan fingerprint density at radius 1 is 0.929 bits per heavy atom. The molecule has 2 aromatic rings. The predicted octanol–water partition coefficient (Wildman–Crippen LogP) is 4.08. The Balaban J connectivity index is 2.16. The van der Waals surface area contributed by atoms with Gasteiger partial charge in [-0.3, -0.25) is 4.79 Å². The monoisotopic (exact) mass is 382 g/mol. The van der Waals surface area contributed by atoms with Crippen LogP contribution < -0.4 is 14.2 Å². The van der Waals surface area contributed by atoms with Gasteiger partial charge in [-0.2, -0.15) is 5.10 Å². The highest BCUT2D eigenvalue weighted by Crippen LogP contribution is 2.47. The molecule has 0 radical (unpaired) electrons. The fraction of sp³-hybridized carbons (Fsp3) is 0.364. The first-order chi connectivity index (χ1) is 13.4. The number of aryl methyl sites for hydroxylation is 1. The molecule has 6 heteroatoms. The molecule has 1 heterocycles. The van der Waals surface area contributed by atoms with Gasteiger partial charge in [-0.25, -0.2) is 5.01 Å². The van der Waals surface area contributed by atoms with Crippen LogP contribution >= 0.6 is 0 Å². The van der Waals surface area contributed by atoms with Crippen molar-refractivity contribution < 1.29 is 19.0 Å². The number of benzene rings is 2. The van der Waals surface area contributed by atoms with Crippen molar-refractivity contribution in [3.8, 4) is 17.2 Å². The Morgan fingerprint density at radius 3 is 1.96 bits per heavy atom. The minimum Gasteiger partial charge on any atom is -0.493 e. The van der Waals surface area contributed by atoms with Crippen molar-refractivity contribution in [2.45, 2.75) is 32.7 Å². The first-order valence-corrected chi connectivity index (χ1v) is 9.12. The van der Waals surface area contributed by atoms with E-state index in [0.29, 0.717) is 17.2 Å². The van der Waals surface area contributed by atoms with Crippen LogP contribution in [0.15, 0.2) is 41.5 Å². The van der Waals surface area contributed by atoms with Crippen LogP contribution in [-0.2, 0) is 4.79 Å². The maximum atomic E-state index is 12.3. The Labute approximate surface area is 165 Å². The van der Waals surface area contributed by atoms with E-state index in [0.717, 1.165) is 22.4 Å².